The van der Waals surface area contributed by atoms with Crippen LogP contribution in [0.1, 0.15) is 6.42 Å². The summed E-state index contributed by atoms with van der Waals surface area (Å²) < 4.78 is 0. The molecule has 1 amide bonds. The van der Waals surface area contributed by atoms with Gasteiger partial charge in [0.25, 0.3) is 0 Å². The highest BCUT2D eigenvalue weighted by molar-refractivity contribution is 6.96. The number of nitrogens with one attached hydrogen (secondary N) is 1. The highest BCUT2D eigenvalue weighted by Gasteiger charge is 2.37. The Morgan fingerprint density at radius 1 is 1.10 bits per heavy atom. The van der Waals surface area contributed by atoms with E-state index in [0.717, 1.165) is 5.69 Å². The molecule has 1 aromatic carbocycles. The maximum Gasteiger partial charge on any atom is 0.226 e. The van der Waals surface area contributed by atoms with Gasteiger partial charge in [-0.2, -0.15) is 0 Å². The summed E-state index contributed by atoms with van der Waals surface area (Å²) >= 11 is 0. The minimum atomic E-state index is -2.28. The Morgan fingerprint density at radius 2 is 1.65 bits per heavy atom. The van der Waals surface area contributed by atoms with Gasteiger partial charge in [-0.25, -0.2) is 0 Å². The molecule has 1 unspecified atom stereocenters. The molecular formula is C17H21NOSi. The largest absolute Gasteiger partial charge is 0.326 e. The Morgan fingerprint density at radius 3 is 2.10 bits per heavy atom. The SMILES string of the molecule is C=CCC(C(=O)Nc1ccccc1)[Si](C=C)(C=C)C=C. The Hall–Kier alpha value is -2.13. The van der Waals surface area contributed by atoms with E-state index in [1.807, 2.05) is 47.4 Å². The number of allylic oxidation sites excluding steroid dienone is 1. The van der Waals surface area contributed by atoms with Gasteiger partial charge >= 0.3 is 0 Å². The molecule has 0 aromatic heterocycles. The molecule has 0 spiro atoms. The molecule has 0 aliphatic carbocycles. The molecule has 3 heteroatoms. The van der Waals surface area contributed by atoms with E-state index in [1.54, 1.807) is 6.08 Å². The van der Waals surface area contributed by atoms with Crippen molar-refractivity contribution in [3.8, 4) is 0 Å². The van der Waals surface area contributed by atoms with Gasteiger partial charge in [0.05, 0.1) is 0 Å². The second-order valence-corrected chi connectivity index (χ2v) is 8.47. The lowest BCUT2D eigenvalue weighted by atomic mass is 10.2. The van der Waals surface area contributed by atoms with E-state index in [4.69, 9.17) is 0 Å². The maximum absolute atomic E-state index is 12.6. The number of hydrogen-bond acceptors (Lipinski definition) is 1. The Labute approximate surface area is 122 Å². The van der Waals surface area contributed by atoms with E-state index in [9.17, 15) is 4.79 Å². The topological polar surface area (TPSA) is 29.1 Å². The molecule has 1 rings (SSSR count). The quantitative estimate of drug-likeness (QED) is 0.562. The zero-order valence-electron chi connectivity index (χ0n) is 11.7. The van der Waals surface area contributed by atoms with E-state index in [2.05, 4.69) is 31.6 Å². The summed E-state index contributed by atoms with van der Waals surface area (Å²) in [6, 6.07) is 9.41. The van der Waals surface area contributed by atoms with Crippen molar-refractivity contribution in [2.75, 3.05) is 5.32 Å². The summed E-state index contributed by atoms with van der Waals surface area (Å²) in [4.78, 5) is 12.6. The zero-order valence-corrected chi connectivity index (χ0v) is 12.7. The number of anilines is 1. The van der Waals surface area contributed by atoms with Gasteiger partial charge in [0.1, 0.15) is 8.07 Å². The summed E-state index contributed by atoms with van der Waals surface area (Å²) in [5, 5.41) is 2.94. The predicted molar refractivity (Wildman–Crippen MR) is 90.0 cm³/mol. The first-order valence-corrected chi connectivity index (χ1v) is 8.82. The van der Waals surface area contributed by atoms with Crippen LogP contribution < -0.4 is 5.32 Å². The van der Waals surface area contributed by atoms with Gasteiger partial charge in [0.2, 0.25) is 5.91 Å². The molecule has 20 heavy (non-hydrogen) atoms. The van der Waals surface area contributed by atoms with Gasteiger partial charge in [-0.05, 0) is 18.6 Å². The summed E-state index contributed by atoms with van der Waals surface area (Å²) in [5.74, 6) is -0.0394. The van der Waals surface area contributed by atoms with Crippen LogP contribution in [-0.4, -0.2) is 14.0 Å². The predicted octanol–water partition coefficient (Wildman–Crippen LogP) is 4.20. The number of benzene rings is 1. The van der Waals surface area contributed by atoms with Crippen LogP contribution in [0.3, 0.4) is 0 Å². The first-order valence-electron chi connectivity index (χ1n) is 6.51. The molecule has 104 valence electrons. The fourth-order valence-corrected chi connectivity index (χ4v) is 4.59. The molecular weight excluding hydrogens is 262 g/mol. The molecule has 0 saturated carbocycles. The first-order chi connectivity index (χ1) is 9.63. The minimum Gasteiger partial charge on any atom is -0.326 e. The molecule has 1 N–H and O–H groups in total. The summed E-state index contributed by atoms with van der Waals surface area (Å²) in [5.41, 5.74) is 6.07. The summed E-state index contributed by atoms with van der Waals surface area (Å²) in [6.45, 7) is 15.4. The number of para-hydroxylation sites is 1. The summed E-state index contributed by atoms with van der Waals surface area (Å²) in [7, 11) is -2.28. The van der Waals surface area contributed by atoms with Crippen molar-refractivity contribution >= 4 is 19.7 Å². The second kappa shape index (κ2) is 7.45. The molecule has 1 atom stereocenters. The van der Waals surface area contributed by atoms with Crippen molar-refractivity contribution in [1.82, 2.24) is 0 Å². The van der Waals surface area contributed by atoms with Crippen molar-refractivity contribution in [3.63, 3.8) is 0 Å². The van der Waals surface area contributed by atoms with Gasteiger partial charge in [-0.3, -0.25) is 4.79 Å². The standard InChI is InChI=1S/C17H21NOSi/c1-5-12-16(20(6-2,7-3)8-4)17(19)18-15-13-10-9-11-14-15/h5-11,13-14,16H,1-4,12H2,(H,18,19). The Balaban J connectivity index is 3.03. The van der Waals surface area contributed by atoms with E-state index in [0.29, 0.717) is 6.42 Å². The highest BCUT2D eigenvalue weighted by Crippen LogP contribution is 2.30. The second-order valence-electron chi connectivity index (χ2n) is 4.54. The molecule has 0 radical (unpaired) electrons. The number of hydrogen-bond donors (Lipinski definition) is 1. The van der Waals surface area contributed by atoms with Crippen LogP contribution in [0.4, 0.5) is 5.69 Å². The molecule has 0 aliphatic heterocycles. The third-order valence-electron chi connectivity index (χ3n) is 3.42. The monoisotopic (exact) mass is 283 g/mol. The van der Waals surface area contributed by atoms with E-state index < -0.39 is 8.07 Å². The third-order valence-corrected chi connectivity index (χ3v) is 7.25. The average Bonchev–Trinajstić information content (AvgIpc) is 2.49. The maximum atomic E-state index is 12.6. The number of carbonyl (C=O) groups is 1. The van der Waals surface area contributed by atoms with Crippen molar-refractivity contribution in [2.24, 2.45) is 0 Å². The number of amides is 1. The molecule has 2 nitrogen and oxygen atoms in total. The van der Waals surface area contributed by atoms with Crippen molar-refractivity contribution in [2.45, 2.75) is 12.0 Å². The molecule has 1 aromatic rings. The molecule has 0 fully saturated rings. The van der Waals surface area contributed by atoms with Crippen LogP contribution in [0.25, 0.3) is 0 Å². The molecule has 0 bridgehead atoms. The lowest BCUT2D eigenvalue weighted by Gasteiger charge is -2.29. The third kappa shape index (κ3) is 3.45. The van der Waals surface area contributed by atoms with Gasteiger partial charge < -0.3 is 5.32 Å². The van der Waals surface area contributed by atoms with E-state index in [-0.39, 0.29) is 11.4 Å². The van der Waals surface area contributed by atoms with Crippen LogP contribution in [0.15, 0.2) is 79.8 Å². The van der Waals surface area contributed by atoms with Crippen LogP contribution in [-0.2, 0) is 4.79 Å². The molecule has 0 heterocycles. The smallest absolute Gasteiger partial charge is 0.226 e. The zero-order chi connectivity index (χ0) is 15.0. The fourth-order valence-electron chi connectivity index (χ4n) is 2.13. The van der Waals surface area contributed by atoms with Crippen LogP contribution in [0, 0.1) is 0 Å². The summed E-state index contributed by atoms with van der Waals surface area (Å²) in [6.07, 6.45) is 2.34. The normalized spacial score (nSPS) is 12.0. The minimum absolute atomic E-state index is 0.0394. The van der Waals surface area contributed by atoms with Crippen LogP contribution >= 0.6 is 0 Å². The Kier molecular flexibility index (Phi) is 5.93. The van der Waals surface area contributed by atoms with Gasteiger partial charge in [-0.1, -0.05) is 41.4 Å². The average molecular weight is 283 g/mol. The van der Waals surface area contributed by atoms with Crippen molar-refractivity contribution in [1.29, 1.82) is 0 Å². The van der Waals surface area contributed by atoms with Crippen LogP contribution in [0.5, 0.6) is 0 Å². The lowest BCUT2D eigenvalue weighted by molar-refractivity contribution is -0.116. The van der Waals surface area contributed by atoms with Crippen molar-refractivity contribution < 1.29 is 4.79 Å². The van der Waals surface area contributed by atoms with Crippen molar-refractivity contribution in [3.05, 3.63) is 79.8 Å². The van der Waals surface area contributed by atoms with Gasteiger partial charge in [0, 0.05) is 11.2 Å². The van der Waals surface area contributed by atoms with Gasteiger partial charge in [0.15, 0.2) is 0 Å². The first kappa shape index (κ1) is 15.9. The number of carbonyl (C=O) groups excluding carboxylic acids is 1. The highest BCUT2D eigenvalue weighted by atomic mass is 28.3. The van der Waals surface area contributed by atoms with Gasteiger partial charge in [-0.15, -0.1) is 26.3 Å². The lowest BCUT2D eigenvalue weighted by Crippen LogP contribution is -2.40. The number of rotatable bonds is 8. The van der Waals surface area contributed by atoms with E-state index in [1.165, 1.54) is 0 Å². The fraction of sp³-hybridized carbons (Fsp3) is 0.118. The van der Waals surface area contributed by atoms with Crippen LogP contribution in [0.2, 0.25) is 5.54 Å². The Bertz CT molecular complexity index is 485. The molecule has 0 aliphatic rings. The molecule has 0 saturated heterocycles. The van der Waals surface area contributed by atoms with E-state index >= 15 is 0 Å².